The summed E-state index contributed by atoms with van der Waals surface area (Å²) in [5.74, 6) is 0.615. The molecular weight excluding hydrogens is 400 g/mol. The van der Waals surface area contributed by atoms with Crippen molar-refractivity contribution in [1.29, 1.82) is 0 Å². The van der Waals surface area contributed by atoms with Crippen LogP contribution in [0.4, 0.5) is 5.69 Å². The van der Waals surface area contributed by atoms with Gasteiger partial charge in [-0.05, 0) is 48.9 Å². The van der Waals surface area contributed by atoms with E-state index in [4.69, 9.17) is 10.5 Å². The van der Waals surface area contributed by atoms with E-state index in [1.54, 1.807) is 80.8 Å². The first-order chi connectivity index (χ1) is 14.4. The van der Waals surface area contributed by atoms with Gasteiger partial charge in [0.15, 0.2) is 0 Å². The van der Waals surface area contributed by atoms with Crippen molar-refractivity contribution >= 4 is 32.9 Å². The Morgan fingerprint density at radius 3 is 2.40 bits per heavy atom. The Bertz CT molecular complexity index is 1370. The summed E-state index contributed by atoms with van der Waals surface area (Å²) in [5.41, 5.74) is 9.22. The summed E-state index contributed by atoms with van der Waals surface area (Å²) >= 11 is 0. The van der Waals surface area contributed by atoms with Gasteiger partial charge in [0.25, 0.3) is 10.0 Å². The summed E-state index contributed by atoms with van der Waals surface area (Å²) in [5, 5.41) is 0.695. The first kappa shape index (κ1) is 19.7. The molecule has 0 aliphatic rings. The SMILES string of the molecule is COc1ccc2c(c1)cc(-c1ccc(C=O)c(C)c1N)n2S(=O)(=O)c1ccccc1. The summed E-state index contributed by atoms with van der Waals surface area (Å²) in [6.45, 7) is 1.74. The molecule has 0 atom stereocenters. The molecule has 0 amide bonds. The largest absolute Gasteiger partial charge is 0.497 e. The van der Waals surface area contributed by atoms with E-state index in [2.05, 4.69) is 0 Å². The molecule has 3 aromatic carbocycles. The van der Waals surface area contributed by atoms with Crippen LogP contribution in [0.25, 0.3) is 22.2 Å². The molecule has 0 aliphatic heterocycles. The number of hydrogen-bond acceptors (Lipinski definition) is 5. The quantitative estimate of drug-likeness (QED) is 0.385. The minimum atomic E-state index is -3.92. The number of anilines is 1. The van der Waals surface area contributed by atoms with E-state index in [0.29, 0.717) is 44.7 Å². The third-order valence-electron chi connectivity index (χ3n) is 5.21. The van der Waals surface area contributed by atoms with E-state index in [0.717, 1.165) is 6.29 Å². The molecule has 0 saturated carbocycles. The number of nitrogens with zero attached hydrogens (tertiary/aromatic N) is 1. The molecule has 0 radical (unpaired) electrons. The zero-order valence-electron chi connectivity index (χ0n) is 16.5. The molecule has 6 nitrogen and oxygen atoms in total. The summed E-state index contributed by atoms with van der Waals surface area (Å²) in [6.07, 6.45) is 0.733. The first-order valence-corrected chi connectivity index (χ1v) is 10.7. The molecule has 4 aromatic rings. The van der Waals surface area contributed by atoms with Gasteiger partial charge in [0, 0.05) is 22.2 Å². The highest BCUT2D eigenvalue weighted by molar-refractivity contribution is 7.90. The third kappa shape index (κ3) is 3.04. The van der Waals surface area contributed by atoms with E-state index >= 15 is 0 Å². The van der Waals surface area contributed by atoms with Gasteiger partial charge in [0.2, 0.25) is 0 Å². The minimum Gasteiger partial charge on any atom is -0.497 e. The molecule has 0 spiro atoms. The van der Waals surface area contributed by atoms with E-state index in [-0.39, 0.29) is 4.90 Å². The molecule has 2 N–H and O–H groups in total. The van der Waals surface area contributed by atoms with Gasteiger partial charge in [-0.1, -0.05) is 30.3 Å². The zero-order valence-corrected chi connectivity index (χ0v) is 17.3. The molecule has 30 heavy (non-hydrogen) atoms. The molecule has 1 heterocycles. The van der Waals surface area contributed by atoms with Crippen LogP contribution in [-0.4, -0.2) is 25.8 Å². The second-order valence-electron chi connectivity index (χ2n) is 6.90. The summed E-state index contributed by atoms with van der Waals surface area (Å²) < 4.78 is 33.8. The van der Waals surface area contributed by atoms with Crippen LogP contribution < -0.4 is 10.5 Å². The fourth-order valence-corrected chi connectivity index (χ4v) is 5.08. The fraction of sp³-hybridized carbons (Fsp3) is 0.0870. The number of carbonyl (C=O) groups is 1. The van der Waals surface area contributed by atoms with Crippen LogP contribution >= 0.6 is 0 Å². The lowest BCUT2D eigenvalue weighted by Gasteiger charge is -2.15. The maximum atomic E-state index is 13.6. The van der Waals surface area contributed by atoms with Crippen LogP contribution in [-0.2, 0) is 10.0 Å². The lowest BCUT2D eigenvalue weighted by molar-refractivity contribution is 0.112. The molecular formula is C23H20N2O4S. The number of nitrogens with two attached hydrogens (primary N) is 1. The van der Waals surface area contributed by atoms with Crippen LogP contribution in [0.1, 0.15) is 15.9 Å². The van der Waals surface area contributed by atoms with Gasteiger partial charge in [-0.3, -0.25) is 4.79 Å². The number of rotatable bonds is 5. The van der Waals surface area contributed by atoms with Crippen LogP contribution in [0.2, 0.25) is 0 Å². The Balaban J connectivity index is 2.09. The number of fused-ring (bicyclic) bond motifs is 1. The number of hydrogen-bond donors (Lipinski definition) is 1. The third-order valence-corrected chi connectivity index (χ3v) is 6.95. The van der Waals surface area contributed by atoms with E-state index in [1.165, 1.54) is 3.97 Å². The number of nitrogen functional groups attached to an aromatic ring is 1. The molecule has 0 unspecified atom stereocenters. The van der Waals surface area contributed by atoms with Crippen molar-refractivity contribution in [2.24, 2.45) is 0 Å². The van der Waals surface area contributed by atoms with Gasteiger partial charge >= 0.3 is 0 Å². The predicted octanol–water partition coefficient (Wildman–Crippen LogP) is 4.26. The van der Waals surface area contributed by atoms with Crippen molar-refractivity contribution < 1.29 is 17.9 Å². The highest BCUT2D eigenvalue weighted by Gasteiger charge is 2.25. The molecule has 4 rings (SSSR count). The van der Waals surface area contributed by atoms with E-state index < -0.39 is 10.0 Å². The average Bonchev–Trinajstić information content (AvgIpc) is 3.15. The standard InChI is InChI=1S/C23H20N2O4S/c1-15-16(14-26)8-10-20(23(15)24)22-13-17-12-18(29-2)9-11-21(17)25(22)30(27,28)19-6-4-3-5-7-19/h3-14H,24H2,1-2H3. The second kappa shape index (κ2) is 7.35. The minimum absolute atomic E-state index is 0.166. The highest BCUT2D eigenvalue weighted by Crippen LogP contribution is 2.37. The van der Waals surface area contributed by atoms with Crippen LogP contribution in [0.5, 0.6) is 5.75 Å². The Kier molecular flexibility index (Phi) is 4.83. The monoisotopic (exact) mass is 420 g/mol. The Labute approximate surface area is 174 Å². The molecule has 0 aliphatic carbocycles. The van der Waals surface area contributed by atoms with E-state index in [9.17, 15) is 13.2 Å². The molecule has 0 fully saturated rings. The lowest BCUT2D eigenvalue weighted by Crippen LogP contribution is -2.14. The molecule has 152 valence electrons. The van der Waals surface area contributed by atoms with Crippen molar-refractivity contribution in [1.82, 2.24) is 3.97 Å². The van der Waals surface area contributed by atoms with Gasteiger partial charge < -0.3 is 10.5 Å². The maximum Gasteiger partial charge on any atom is 0.268 e. The van der Waals surface area contributed by atoms with Gasteiger partial charge in [-0.25, -0.2) is 12.4 Å². The Hall–Kier alpha value is -3.58. The van der Waals surface area contributed by atoms with Crippen molar-refractivity contribution in [2.45, 2.75) is 11.8 Å². The van der Waals surface area contributed by atoms with E-state index in [1.807, 2.05) is 0 Å². The van der Waals surface area contributed by atoms with Crippen molar-refractivity contribution in [3.63, 3.8) is 0 Å². The van der Waals surface area contributed by atoms with Gasteiger partial charge in [-0.2, -0.15) is 0 Å². The number of methoxy groups -OCH3 is 1. The van der Waals surface area contributed by atoms with Crippen molar-refractivity contribution in [3.8, 4) is 17.0 Å². The van der Waals surface area contributed by atoms with Crippen LogP contribution in [0.15, 0.2) is 71.6 Å². The van der Waals surface area contributed by atoms with Gasteiger partial charge in [-0.15, -0.1) is 0 Å². The predicted molar refractivity (Wildman–Crippen MR) is 117 cm³/mol. The number of aromatic nitrogens is 1. The number of benzene rings is 3. The van der Waals surface area contributed by atoms with Crippen molar-refractivity contribution in [3.05, 3.63) is 77.9 Å². The Morgan fingerprint density at radius 1 is 1.00 bits per heavy atom. The lowest BCUT2D eigenvalue weighted by atomic mass is 10.0. The second-order valence-corrected chi connectivity index (χ2v) is 8.68. The number of ether oxygens (including phenoxy) is 1. The van der Waals surface area contributed by atoms with Crippen LogP contribution in [0, 0.1) is 6.92 Å². The molecule has 0 bridgehead atoms. The van der Waals surface area contributed by atoms with Crippen molar-refractivity contribution in [2.75, 3.05) is 12.8 Å². The fourth-order valence-electron chi connectivity index (χ4n) is 3.54. The normalized spacial score (nSPS) is 11.5. The van der Waals surface area contributed by atoms with Crippen LogP contribution in [0.3, 0.4) is 0 Å². The molecule has 1 aromatic heterocycles. The first-order valence-electron chi connectivity index (χ1n) is 9.23. The summed E-state index contributed by atoms with van der Waals surface area (Å²) in [4.78, 5) is 11.4. The topological polar surface area (TPSA) is 91.4 Å². The highest BCUT2D eigenvalue weighted by atomic mass is 32.2. The molecule has 0 saturated heterocycles. The molecule has 7 heteroatoms. The average molecular weight is 420 g/mol. The Morgan fingerprint density at radius 2 is 1.73 bits per heavy atom. The smallest absolute Gasteiger partial charge is 0.268 e. The summed E-state index contributed by atoms with van der Waals surface area (Å²) in [7, 11) is -2.36. The number of carbonyl (C=O) groups excluding carboxylic acids is 1. The number of aldehydes is 1. The van der Waals surface area contributed by atoms with Gasteiger partial charge in [0.05, 0.1) is 23.2 Å². The maximum absolute atomic E-state index is 13.6. The zero-order chi connectivity index (χ0) is 21.5. The van der Waals surface area contributed by atoms with Gasteiger partial charge in [0.1, 0.15) is 12.0 Å². The summed E-state index contributed by atoms with van der Waals surface area (Å²) in [6, 6.07) is 18.5.